The zero-order valence-electron chi connectivity index (χ0n) is 24.9. The van der Waals surface area contributed by atoms with Crippen molar-refractivity contribution in [2.24, 2.45) is 17.4 Å². The first-order chi connectivity index (χ1) is 21.7. The topological polar surface area (TPSA) is 139 Å². The van der Waals surface area contributed by atoms with Crippen LogP contribution in [0.15, 0.2) is 47.4 Å². The van der Waals surface area contributed by atoms with E-state index in [-0.39, 0.29) is 28.3 Å². The molecule has 8 nitrogen and oxygen atoms in total. The summed E-state index contributed by atoms with van der Waals surface area (Å²) in [5.74, 6) is 0.416. The van der Waals surface area contributed by atoms with Crippen LogP contribution in [0.4, 0.5) is 8.78 Å². The maximum absolute atomic E-state index is 15.5. The number of aromatic nitrogens is 3. The summed E-state index contributed by atoms with van der Waals surface area (Å²) in [4.78, 5) is 20.3. The van der Waals surface area contributed by atoms with Crippen molar-refractivity contribution in [3.05, 3.63) is 80.9 Å². The molecule has 0 radical (unpaired) electrons. The van der Waals surface area contributed by atoms with E-state index in [0.717, 1.165) is 56.3 Å². The lowest BCUT2D eigenvalue weighted by Gasteiger charge is -2.31. The number of nitrogens with zero attached hydrogens (tertiary/aromatic N) is 2. The van der Waals surface area contributed by atoms with Gasteiger partial charge in [-0.05, 0) is 93.2 Å². The molecule has 2 aliphatic rings. The van der Waals surface area contributed by atoms with E-state index in [1.54, 1.807) is 36.5 Å². The van der Waals surface area contributed by atoms with E-state index in [9.17, 15) is 4.79 Å². The van der Waals surface area contributed by atoms with Crippen LogP contribution in [0.1, 0.15) is 68.5 Å². The van der Waals surface area contributed by atoms with E-state index in [0.29, 0.717) is 39.5 Å². The average Bonchev–Trinajstić information content (AvgIpc) is 3.78. The second-order valence-corrected chi connectivity index (χ2v) is 13.8. The molecule has 2 aromatic heterocycles. The Hall–Kier alpha value is -3.25. The van der Waals surface area contributed by atoms with Crippen molar-refractivity contribution in [2.45, 2.75) is 75.9 Å². The Bertz CT molecular complexity index is 1770. The lowest BCUT2D eigenvalue weighted by molar-refractivity contribution is 0.314. The number of fused-ring (bicyclic) bond motifs is 1. The highest BCUT2D eigenvalue weighted by Gasteiger charge is 2.28. The first kappa shape index (κ1) is 31.7. The third-order valence-corrected chi connectivity index (χ3v) is 9.99. The Labute approximate surface area is 269 Å². The average molecular weight is 654 g/mol. The molecular formula is C33H38ClF2N7OS. The number of hydrogen-bond acceptors (Lipinski definition) is 6. The fraction of sp³-hybridized carbons (Fsp3) is 0.424. The van der Waals surface area contributed by atoms with Crippen molar-refractivity contribution < 1.29 is 8.78 Å². The summed E-state index contributed by atoms with van der Waals surface area (Å²) in [5, 5.41) is 11.6. The van der Waals surface area contributed by atoms with Crippen LogP contribution in [-0.4, -0.2) is 37.5 Å². The SMILES string of the molecule is N=C(N)SCC[C@@H]1CCC[C@@H](c2ccc(-n3cc4cc(-c5cc(CCC[C@@H](N)C6CC6)cc(Cl)c5F)[nH]c4nc3=O)cc2F)N1. The number of nitrogens with two attached hydrogens (primary N) is 2. The van der Waals surface area contributed by atoms with Crippen molar-refractivity contribution in [3.63, 3.8) is 0 Å². The minimum atomic E-state index is -0.582. The van der Waals surface area contributed by atoms with Crippen LogP contribution in [0.3, 0.4) is 0 Å². The van der Waals surface area contributed by atoms with Gasteiger partial charge in [-0.15, -0.1) is 0 Å². The fourth-order valence-corrected chi connectivity index (χ4v) is 7.23. The zero-order valence-corrected chi connectivity index (χ0v) is 26.5. The van der Waals surface area contributed by atoms with Gasteiger partial charge in [-0.3, -0.25) is 9.98 Å². The summed E-state index contributed by atoms with van der Waals surface area (Å²) in [6.45, 7) is 0. The first-order valence-electron chi connectivity index (χ1n) is 15.5. The van der Waals surface area contributed by atoms with Crippen LogP contribution in [-0.2, 0) is 6.42 Å². The molecule has 238 valence electrons. The van der Waals surface area contributed by atoms with Gasteiger partial charge in [0.25, 0.3) is 0 Å². The van der Waals surface area contributed by atoms with Crippen LogP contribution >= 0.6 is 23.4 Å². The van der Waals surface area contributed by atoms with Crippen LogP contribution in [0, 0.1) is 23.0 Å². The van der Waals surface area contributed by atoms with E-state index >= 15 is 8.78 Å². The Balaban J connectivity index is 1.20. The molecule has 3 heterocycles. The van der Waals surface area contributed by atoms with Gasteiger partial charge in [0.05, 0.1) is 16.4 Å². The molecular weight excluding hydrogens is 616 g/mol. The molecule has 3 atom stereocenters. The quantitative estimate of drug-likeness (QED) is 0.0917. The third-order valence-electron chi connectivity index (χ3n) is 8.96. The molecule has 0 unspecified atom stereocenters. The number of nitrogens with one attached hydrogen (secondary N) is 3. The number of rotatable bonds is 11. The molecule has 2 aromatic carbocycles. The lowest BCUT2D eigenvalue weighted by atomic mass is 9.92. The van der Waals surface area contributed by atoms with Gasteiger partial charge in [0.2, 0.25) is 0 Å². The Morgan fingerprint density at radius 1 is 1.18 bits per heavy atom. The van der Waals surface area contributed by atoms with Crippen molar-refractivity contribution in [3.8, 4) is 16.9 Å². The summed E-state index contributed by atoms with van der Waals surface area (Å²) in [7, 11) is 0. The number of aryl methyl sites for hydroxylation is 1. The molecule has 1 saturated carbocycles. The zero-order chi connectivity index (χ0) is 31.7. The highest BCUT2D eigenvalue weighted by atomic mass is 35.5. The number of thioether (sulfide) groups is 1. The van der Waals surface area contributed by atoms with Crippen LogP contribution in [0.5, 0.6) is 0 Å². The van der Waals surface area contributed by atoms with Crippen LogP contribution in [0.25, 0.3) is 28.0 Å². The first-order valence-corrected chi connectivity index (χ1v) is 16.9. The van der Waals surface area contributed by atoms with Gasteiger partial charge in [-0.25, -0.2) is 13.6 Å². The number of piperidine rings is 1. The van der Waals surface area contributed by atoms with E-state index < -0.39 is 17.3 Å². The molecule has 1 saturated heterocycles. The number of aromatic amines is 1. The molecule has 0 amide bonds. The third kappa shape index (κ3) is 7.43. The molecule has 4 aromatic rings. The smallest absolute Gasteiger partial charge is 0.354 e. The maximum atomic E-state index is 15.5. The lowest BCUT2D eigenvalue weighted by Crippen LogP contribution is -2.37. The molecule has 2 fully saturated rings. The number of amidine groups is 1. The number of benzene rings is 2. The minimum Gasteiger partial charge on any atom is -0.379 e. The predicted octanol–water partition coefficient (Wildman–Crippen LogP) is 6.57. The molecule has 1 aliphatic heterocycles. The largest absolute Gasteiger partial charge is 0.379 e. The molecule has 12 heteroatoms. The van der Waals surface area contributed by atoms with Gasteiger partial charge < -0.3 is 21.8 Å². The predicted molar refractivity (Wildman–Crippen MR) is 178 cm³/mol. The second-order valence-electron chi connectivity index (χ2n) is 12.3. The Morgan fingerprint density at radius 3 is 2.76 bits per heavy atom. The molecule has 1 aliphatic carbocycles. The van der Waals surface area contributed by atoms with Crippen molar-refractivity contribution in [1.29, 1.82) is 5.41 Å². The standard InChI is InChI=1S/C33H38ClF2N7OS/c34-25-14-18(3-1-5-27(37)19-7-8-19)13-24(30(25)36)29-15-20-17-43(33(44)42-31(20)41-29)22-9-10-23(26(35)16-22)28-6-2-4-21(40-28)11-12-45-32(38)39/h9-10,13-17,19,21,27-28,40H,1-8,11-12,37H2,(H3,38,39)(H,41,42,44)/t21-,27+,28-/m0/s1. The number of H-pyrrole nitrogens is 1. The Morgan fingerprint density at radius 2 is 2.00 bits per heavy atom. The summed E-state index contributed by atoms with van der Waals surface area (Å²) in [5.41, 5.74) is 14.0. The summed E-state index contributed by atoms with van der Waals surface area (Å²) < 4.78 is 32.0. The minimum absolute atomic E-state index is 0.0319. The second kappa shape index (κ2) is 13.6. The highest BCUT2D eigenvalue weighted by Crippen LogP contribution is 2.35. The van der Waals surface area contributed by atoms with Crippen LogP contribution < -0.4 is 22.5 Å². The van der Waals surface area contributed by atoms with Gasteiger partial charge in [0.1, 0.15) is 11.5 Å². The van der Waals surface area contributed by atoms with Crippen LogP contribution in [0.2, 0.25) is 5.02 Å². The van der Waals surface area contributed by atoms with E-state index in [1.165, 1.54) is 35.2 Å². The monoisotopic (exact) mass is 653 g/mol. The summed E-state index contributed by atoms with van der Waals surface area (Å²) in [6, 6.07) is 10.2. The van der Waals surface area contributed by atoms with Gasteiger partial charge in [-0.2, -0.15) is 4.98 Å². The van der Waals surface area contributed by atoms with Gasteiger partial charge in [0.15, 0.2) is 11.0 Å². The van der Waals surface area contributed by atoms with Gasteiger partial charge >= 0.3 is 5.69 Å². The number of hydrogen-bond donors (Lipinski definition) is 5. The van der Waals surface area contributed by atoms with E-state index in [1.807, 2.05) is 0 Å². The normalized spacial score (nSPS) is 19.2. The van der Waals surface area contributed by atoms with Gasteiger partial charge in [-0.1, -0.05) is 35.9 Å². The molecule has 45 heavy (non-hydrogen) atoms. The summed E-state index contributed by atoms with van der Waals surface area (Å²) in [6.07, 6.45) is 10.1. The molecule has 6 rings (SSSR count). The fourth-order valence-electron chi connectivity index (χ4n) is 6.36. The molecule has 7 N–H and O–H groups in total. The van der Waals surface area contributed by atoms with Crippen molar-refractivity contribution in [2.75, 3.05) is 5.75 Å². The molecule has 0 bridgehead atoms. The Kier molecular flexibility index (Phi) is 9.60. The van der Waals surface area contributed by atoms with Crippen molar-refractivity contribution >= 4 is 39.6 Å². The summed E-state index contributed by atoms with van der Waals surface area (Å²) >= 11 is 7.60. The highest BCUT2D eigenvalue weighted by molar-refractivity contribution is 8.13. The number of halogens is 3. The molecule has 0 spiro atoms. The maximum Gasteiger partial charge on any atom is 0.354 e. The van der Waals surface area contributed by atoms with Crippen molar-refractivity contribution in [1.82, 2.24) is 19.9 Å². The van der Waals surface area contributed by atoms with E-state index in [2.05, 4.69) is 15.3 Å². The van der Waals surface area contributed by atoms with E-state index in [4.69, 9.17) is 28.5 Å². The van der Waals surface area contributed by atoms with Gasteiger partial charge in [0, 0.05) is 46.6 Å².